The lowest BCUT2D eigenvalue weighted by molar-refractivity contribution is 0.393. The Morgan fingerprint density at radius 3 is 2.62 bits per heavy atom. The van der Waals surface area contributed by atoms with Gasteiger partial charge in [-0.25, -0.2) is 4.98 Å². The topological polar surface area (TPSA) is 42.4 Å². The molecule has 110 valence electrons. The zero-order valence-corrected chi connectivity index (χ0v) is 14.7. The first-order chi connectivity index (χ1) is 10.0. The molecule has 0 radical (unpaired) electrons. The predicted octanol–water partition coefficient (Wildman–Crippen LogP) is 4.60. The van der Waals surface area contributed by atoms with Gasteiger partial charge in [0.25, 0.3) is 0 Å². The van der Waals surface area contributed by atoms with E-state index < -0.39 is 0 Å². The van der Waals surface area contributed by atoms with Crippen molar-refractivity contribution in [3.05, 3.63) is 50.5 Å². The third kappa shape index (κ3) is 2.94. The molecular formula is C16H15Br2NO2. The maximum Gasteiger partial charge on any atom is 0.213 e. The predicted molar refractivity (Wildman–Crippen MR) is 88.9 cm³/mol. The van der Waals surface area contributed by atoms with E-state index in [2.05, 4.69) is 36.8 Å². The second kappa shape index (κ2) is 5.61. The summed E-state index contributed by atoms with van der Waals surface area (Å²) in [5.41, 5.74) is 1.97. The van der Waals surface area contributed by atoms with Crippen LogP contribution in [-0.4, -0.2) is 17.2 Å². The number of methoxy groups -OCH3 is 1. The summed E-state index contributed by atoms with van der Waals surface area (Å²) in [5, 5.41) is 10.1. The standard InChI is InChI=1S/C16H15Br2NO2/c1-21-14-5-4-12(18)15(19-14)16(6-7-16)9-10-2-3-11(17)8-13(10)20/h2-5,8,20H,6-7,9H2,1H3. The lowest BCUT2D eigenvalue weighted by atomic mass is 9.92. The van der Waals surface area contributed by atoms with Gasteiger partial charge in [0, 0.05) is 20.4 Å². The number of benzene rings is 1. The first-order valence-corrected chi connectivity index (χ1v) is 8.31. The fourth-order valence-corrected chi connectivity index (χ4v) is 3.60. The monoisotopic (exact) mass is 411 g/mol. The van der Waals surface area contributed by atoms with E-state index in [0.29, 0.717) is 11.6 Å². The van der Waals surface area contributed by atoms with Gasteiger partial charge < -0.3 is 9.84 Å². The molecule has 0 unspecified atom stereocenters. The van der Waals surface area contributed by atoms with E-state index in [0.717, 1.165) is 39.5 Å². The molecule has 1 aromatic heterocycles. The molecule has 1 aliphatic carbocycles. The molecule has 0 aliphatic heterocycles. The Kier molecular flexibility index (Phi) is 3.97. The zero-order valence-electron chi connectivity index (χ0n) is 11.6. The van der Waals surface area contributed by atoms with Crippen LogP contribution in [0, 0.1) is 0 Å². The van der Waals surface area contributed by atoms with E-state index >= 15 is 0 Å². The molecule has 2 aromatic rings. The van der Waals surface area contributed by atoms with Gasteiger partial charge in [-0.15, -0.1) is 0 Å². The maximum absolute atomic E-state index is 10.1. The minimum atomic E-state index is -0.00131. The van der Waals surface area contributed by atoms with Gasteiger partial charge in [0.2, 0.25) is 5.88 Å². The number of aromatic hydroxyl groups is 1. The Bertz CT molecular complexity index is 684. The lowest BCUT2D eigenvalue weighted by Crippen LogP contribution is -2.14. The number of phenolic OH excluding ortho intramolecular Hbond substituents is 1. The second-order valence-electron chi connectivity index (χ2n) is 5.41. The van der Waals surface area contributed by atoms with E-state index in [1.54, 1.807) is 13.2 Å². The first kappa shape index (κ1) is 14.9. The van der Waals surface area contributed by atoms with E-state index in [4.69, 9.17) is 4.74 Å². The molecule has 1 aliphatic rings. The summed E-state index contributed by atoms with van der Waals surface area (Å²) in [5.74, 6) is 0.953. The molecule has 1 heterocycles. The molecule has 0 saturated heterocycles. The summed E-state index contributed by atoms with van der Waals surface area (Å²) in [6.45, 7) is 0. The molecule has 3 rings (SSSR count). The van der Waals surface area contributed by atoms with Crippen LogP contribution in [0.25, 0.3) is 0 Å². The van der Waals surface area contributed by atoms with Gasteiger partial charge >= 0.3 is 0 Å². The molecular weight excluding hydrogens is 398 g/mol. The molecule has 21 heavy (non-hydrogen) atoms. The van der Waals surface area contributed by atoms with Gasteiger partial charge in [0.05, 0.1) is 12.8 Å². The minimum absolute atomic E-state index is 0.00131. The van der Waals surface area contributed by atoms with Crippen LogP contribution in [0.1, 0.15) is 24.1 Å². The second-order valence-corrected chi connectivity index (χ2v) is 7.18. The fourth-order valence-electron chi connectivity index (χ4n) is 2.61. The van der Waals surface area contributed by atoms with Crippen molar-refractivity contribution in [3.63, 3.8) is 0 Å². The largest absolute Gasteiger partial charge is 0.508 e. The minimum Gasteiger partial charge on any atom is -0.508 e. The van der Waals surface area contributed by atoms with Crippen LogP contribution >= 0.6 is 31.9 Å². The van der Waals surface area contributed by atoms with Crippen LogP contribution in [0.15, 0.2) is 39.3 Å². The van der Waals surface area contributed by atoms with Crippen molar-refractivity contribution in [2.24, 2.45) is 0 Å². The van der Waals surface area contributed by atoms with Crippen LogP contribution in [0.2, 0.25) is 0 Å². The van der Waals surface area contributed by atoms with Crippen molar-refractivity contribution in [3.8, 4) is 11.6 Å². The Hall–Kier alpha value is -1.07. The van der Waals surface area contributed by atoms with E-state index in [1.165, 1.54) is 0 Å². The molecule has 0 bridgehead atoms. The summed E-state index contributed by atoms with van der Waals surface area (Å²) in [6.07, 6.45) is 2.92. The van der Waals surface area contributed by atoms with Crippen molar-refractivity contribution in [2.45, 2.75) is 24.7 Å². The third-order valence-electron chi connectivity index (χ3n) is 3.96. The number of rotatable bonds is 4. The normalized spacial score (nSPS) is 15.8. The van der Waals surface area contributed by atoms with Crippen LogP contribution in [0.3, 0.4) is 0 Å². The molecule has 1 saturated carbocycles. The van der Waals surface area contributed by atoms with Gasteiger partial charge in [0.15, 0.2) is 0 Å². The number of ether oxygens (including phenoxy) is 1. The molecule has 1 aromatic carbocycles. The van der Waals surface area contributed by atoms with Crippen LogP contribution in [-0.2, 0) is 11.8 Å². The molecule has 3 nitrogen and oxygen atoms in total. The molecule has 0 amide bonds. The molecule has 0 spiro atoms. The molecule has 1 fully saturated rings. The average molecular weight is 413 g/mol. The van der Waals surface area contributed by atoms with Crippen LogP contribution in [0.5, 0.6) is 11.6 Å². The Morgan fingerprint density at radius 1 is 1.24 bits per heavy atom. The van der Waals surface area contributed by atoms with Crippen molar-refractivity contribution in [1.82, 2.24) is 4.98 Å². The summed E-state index contributed by atoms with van der Waals surface area (Å²) in [7, 11) is 1.63. The molecule has 1 N–H and O–H groups in total. The number of halogens is 2. The van der Waals surface area contributed by atoms with E-state index in [1.807, 2.05) is 24.3 Å². The Balaban J connectivity index is 1.94. The average Bonchev–Trinajstić information content (AvgIpc) is 3.23. The van der Waals surface area contributed by atoms with Crippen LogP contribution < -0.4 is 4.74 Å². The SMILES string of the molecule is COc1ccc(Br)c(C2(Cc3ccc(Br)cc3O)CC2)n1. The maximum atomic E-state index is 10.1. The van der Waals surface area contributed by atoms with E-state index in [-0.39, 0.29) is 5.41 Å². The number of nitrogens with zero attached hydrogens (tertiary/aromatic N) is 1. The van der Waals surface area contributed by atoms with Gasteiger partial charge in [-0.1, -0.05) is 22.0 Å². The highest BCUT2D eigenvalue weighted by Crippen LogP contribution is 2.53. The van der Waals surface area contributed by atoms with Gasteiger partial charge in [-0.3, -0.25) is 0 Å². The highest BCUT2D eigenvalue weighted by atomic mass is 79.9. The summed E-state index contributed by atoms with van der Waals surface area (Å²) >= 11 is 6.96. The number of aromatic nitrogens is 1. The zero-order chi connectivity index (χ0) is 15.0. The highest BCUT2D eigenvalue weighted by molar-refractivity contribution is 9.10. The van der Waals surface area contributed by atoms with Crippen molar-refractivity contribution in [1.29, 1.82) is 0 Å². The quantitative estimate of drug-likeness (QED) is 0.798. The van der Waals surface area contributed by atoms with Gasteiger partial charge in [-0.2, -0.15) is 0 Å². The highest BCUT2D eigenvalue weighted by Gasteiger charge is 2.47. The Labute approximate surface area is 140 Å². The number of pyridine rings is 1. The smallest absolute Gasteiger partial charge is 0.213 e. The molecule has 0 atom stereocenters. The number of hydrogen-bond donors (Lipinski definition) is 1. The Morgan fingerprint density at radius 2 is 2.00 bits per heavy atom. The molecule has 5 heteroatoms. The third-order valence-corrected chi connectivity index (χ3v) is 5.09. The van der Waals surface area contributed by atoms with E-state index in [9.17, 15) is 5.11 Å². The fraction of sp³-hybridized carbons (Fsp3) is 0.312. The van der Waals surface area contributed by atoms with Crippen LogP contribution in [0.4, 0.5) is 0 Å². The van der Waals surface area contributed by atoms with Gasteiger partial charge in [-0.05, 0) is 59.0 Å². The van der Waals surface area contributed by atoms with Crippen molar-refractivity contribution in [2.75, 3.05) is 7.11 Å². The van der Waals surface area contributed by atoms with Gasteiger partial charge in [0.1, 0.15) is 5.75 Å². The van der Waals surface area contributed by atoms with Crippen molar-refractivity contribution >= 4 is 31.9 Å². The summed E-state index contributed by atoms with van der Waals surface area (Å²) < 4.78 is 7.12. The van der Waals surface area contributed by atoms with Crippen molar-refractivity contribution < 1.29 is 9.84 Å². The summed E-state index contributed by atoms with van der Waals surface area (Å²) in [6, 6.07) is 9.48. The first-order valence-electron chi connectivity index (χ1n) is 6.72. The number of hydrogen-bond acceptors (Lipinski definition) is 3. The number of phenols is 1. The lowest BCUT2D eigenvalue weighted by Gasteiger charge is -2.18. The summed E-state index contributed by atoms with van der Waals surface area (Å²) in [4.78, 5) is 4.61.